The molecule has 1 saturated heterocycles. The summed E-state index contributed by atoms with van der Waals surface area (Å²) in [4.78, 5) is 38.4. The lowest BCUT2D eigenvalue weighted by atomic mass is 9.84. The summed E-state index contributed by atoms with van der Waals surface area (Å²) in [5.41, 5.74) is 0.946. The van der Waals surface area contributed by atoms with E-state index in [1.54, 1.807) is 29.2 Å². The van der Waals surface area contributed by atoms with Crippen LogP contribution in [0.15, 0.2) is 24.3 Å². The first-order chi connectivity index (χ1) is 13.0. The second-order valence-electron chi connectivity index (χ2n) is 7.87. The summed E-state index contributed by atoms with van der Waals surface area (Å²) in [6.07, 6.45) is 6.52. The van der Waals surface area contributed by atoms with Gasteiger partial charge in [-0.1, -0.05) is 18.9 Å². The zero-order chi connectivity index (χ0) is 19.0. The summed E-state index contributed by atoms with van der Waals surface area (Å²) in [6, 6.07) is 5.96. The molecule has 0 radical (unpaired) electrons. The number of rotatable bonds is 4. The zero-order valence-corrected chi connectivity index (χ0v) is 15.2. The van der Waals surface area contributed by atoms with Crippen molar-refractivity contribution in [3.05, 3.63) is 29.8 Å². The van der Waals surface area contributed by atoms with Crippen molar-refractivity contribution >= 4 is 23.6 Å². The SMILES string of the molecule is O=C(Nc1cccc(C(=O)N2C(C(=O)O)CC3CCCCC32)c1)NC1CC1. The number of nitrogens with zero attached hydrogens (tertiary/aromatic N) is 1. The minimum absolute atomic E-state index is 0.00197. The summed E-state index contributed by atoms with van der Waals surface area (Å²) < 4.78 is 0. The molecule has 0 aromatic heterocycles. The Morgan fingerprint density at radius 2 is 1.85 bits per heavy atom. The maximum atomic E-state index is 13.2. The average molecular weight is 371 g/mol. The first kappa shape index (κ1) is 17.8. The molecule has 1 aromatic rings. The fraction of sp³-hybridized carbons (Fsp3) is 0.550. The third-order valence-electron chi connectivity index (χ3n) is 5.89. The van der Waals surface area contributed by atoms with Crippen molar-refractivity contribution in [3.8, 4) is 0 Å². The number of benzene rings is 1. The molecule has 0 spiro atoms. The van der Waals surface area contributed by atoms with Crippen molar-refractivity contribution in [1.29, 1.82) is 0 Å². The molecule has 3 aliphatic rings. The Kier molecular flexibility index (Phi) is 4.76. The van der Waals surface area contributed by atoms with Crippen molar-refractivity contribution in [2.24, 2.45) is 5.92 Å². The molecule has 3 amide bonds. The summed E-state index contributed by atoms with van der Waals surface area (Å²) in [6.45, 7) is 0. The average Bonchev–Trinajstić information content (AvgIpc) is 3.37. The third-order valence-corrected chi connectivity index (χ3v) is 5.89. The first-order valence-corrected chi connectivity index (χ1v) is 9.76. The van der Waals surface area contributed by atoms with E-state index in [1.807, 2.05) is 0 Å². The van der Waals surface area contributed by atoms with Crippen molar-refractivity contribution in [1.82, 2.24) is 10.2 Å². The fourth-order valence-electron chi connectivity index (χ4n) is 4.43. The number of urea groups is 1. The molecule has 3 atom stereocenters. The Hall–Kier alpha value is -2.57. The van der Waals surface area contributed by atoms with E-state index in [2.05, 4.69) is 10.6 Å². The molecule has 4 rings (SSSR count). The minimum atomic E-state index is -0.934. The highest BCUT2D eigenvalue weighted by Gasteiger charge is 2.47. The molecule has 3 N–H and O–H groups in total. The molecule has 1 heterocycles. The number of nitrogens with one attached hydrogen (secondary N) is 2. The van der Waals surface area contributed by atoms with Crippen LogP contribution in [0.4, 0.5) is 10.5 Å². The number of likely N-dealkylation sites (tertiary alicyclic amines) is 1. The Labute approximate surface area is 158 Å². The predicted octanol–water partition coefficient (Wildman–Crippen LogP) is 2.83. The lowest BCUT2D eigenvalue weighted by Crippen LogP contribution is -2.46. The molecule has 3 fully saturated rings. The topological polar surface area (TPSA) is 98.7 Å². The summed E-state index contributed by atoms with van der Waals surface area (Å²) in [5.74, 6) is -0.923. The Morgan fingerprint density at radius 1 is 1.07 bits per heavy atom. The van der Waals surface area contributed by atoms with Crippen molar-refractivity contribution in [2.45, 2.75) is 63.1 Å². The highest BCUT2D eigenvalue weighted by molar-refractivity contribution is 5.99. The number of carboxylic acids is 1. The van der Waals surface area contributed by atoms with Gasteiger partial charge in [-0.25, -0.2) is 9.59 Å². The monoisotopic (exact) mass is 371 g/mol. The highest BCUT2D eigenvalue weighted by Crippen LogP contribution is 2.40. The van der Waals surface area contributed by atoms with Crippen LogP contribution in [-0.4, -0.2) is 46.0 Å². The number of carbonyl (C=O) groups excluding carboxylic acids is 2. The van der Waals surface area contributed by atoms with Gasteiger partial charge in [0.1, 0.15) is 6.04 Å². The van der Waals surface area contributed by atoms with Gasteiger partial charge in [-0.2, -0.15) is 0 Å². The molecular weight excluding hydrogens is 346 g/mol. The fourth-order valence-corrected chi connectivity index (χ4v) is 4.43. The largest absolute Gasteiger partial charge is 0.480 e. The third kappa shape index (κ3) is 3.77. The van der Waals surface area contributed by atoms with E-state index in [0.29, 0.717) is 17.7 Å². The quantitative estimate of drug-likeness (QED) is 0.758. The molecule has 27 heavy (non-hydrogen) atoms. The predicted molar refractivity (Wildman–Crippen MR) is 99.6 cm³/mol. The van der Waals surface area contributed by atoms with Gasteiger partial charge in [0, 0.05) is 23.3 Å². The Morgan fingerprint density at radius 3 is 2.59 bits per heavy atom. The number of fused-ring (bicyclic) bond motifs is 1. The summed E-state index contributed by atoms with van der Waals surface area (Å²) >= 11 is 0. The number of amides is 3. The van der Waals surface area contributed by atoms with E-state index < -0.39 is 12.0 Å². The van der Waals surface area contributed by atoms with Gasteiger partial charge >= 0.3 is 12.0 Å². The lowest BCUT2D eigenvalue weighted by Gasteiger charge is -2.33. The number of hydrogen-bond donors (Lipinski definition) is 3. The first-order valence-electron chi connectivity index (χ1n) is 9.76. The molecule has 1 aromatic carbocycles. The normalized spacial score (nSPS) is 27.0. The standard InChI is InChI=1S/C20H25N3O4/c24-18(23-16-7-2-1-4-12(16)11-17(23)19(25)26)13-5-3-6-15(10-13)22-20(27)21-14-8-9-14/h3,5-6,10,12,14,16-17H,1-2,4,7-9,11H2,(H,25,26)(H2,21,22,27). The van der Waals surface area contributed by atoms with Crippen LogP contribution in [0, 0.1) is 5.92 Å². The van der Waals surface area contributed by atoms with E-state index in [9.17, 15) is 19.5 Å². The highest BCUT2D eigenvalue weighted by atomic mass is 16.4. The van der Waals surface area contributed by atoms with Gasteiger partial charge in [-0.05, 0) is 56.2 Å². The molecule has 7 heteroatoms. The number of hydrogen-bond acceptors (Lipinski definition) is 3. The van der Waals surface area contributed by atoms with E-state index in [0.717, 1.165) is 38.5 Å². The van der Waals surface area contributed by atoms with Crippen molar-refractivity contribution < 1.29 is 19.5 Å². The summed E-state index contributed by atoms with van der Waals surface area (Å²) in [7, 11) is 0. The van der Waals surface area contributed by atoms with Gasteiger partial charge < -0.3 is 20.6 Å². The van der Waals surface area contributed by atoms with Crippen LogP contribution < -0.4 is 10.6 Å². The molecule has 144 valence electrons. The summed E-state index contributed by atoms with van der Waals surface area (Å²) in [5, 5.41) is 15.2. The van der Waals surface area contributed by atoms with E-state index in [1.165, 1.54) is 0 Å². The van der Waals surface area contributed by atoms with Crippen LogP contribution in [0.25, 0.3) is 0 Å². The Bertz CT molecular complexity index is 761. The molecule has 3 unspecified atom stereocenters. The number of carbonyl (C=O) groups is 3. The van der Waals surface area contributed by atoms with E-state index >= 15 is 0 Å². The van der Waals surface area contributed by atoms with Crippen LogP contribution >= 0.6 is 0 Å². The molecular formula is C20H25N3O4. The molecule has 2 saturated carbocycles. The van der Waals surface area contributed by atoms with Crippen molar-refractivity contribution in [2.75, 3.05) is 5.32 Å². The van der Waals surface area contributed by atoms with Crippen LogP contribution in [-0.2, 0) is 4.79 Å². The maximum Gasteiger partial charge on any atom is 0.326 e. The van der Waals surface area contributed by atoms with E-state index in [-0.39, 0.29) is 29.9 Å². The van der Waals surface area contributed by atoms with E-state index in [4.69, 9.17) is 0 Å². The van der Waals surface area contributed by atoms with Gasteiger partial charge in [0.15, 0.2) is 0 Å². The second kappa shape index (κ2) is 7.21. The number of aliphatic carboxylic acids is 1. The molecule has 0 bridgehead atoms. The molecule has 2 aliphatic carbocycles. The Balaban J connectivity index is 1.52. The lowest BCUT2D eigenvalue weighted by molar-refractivity contribution is -0.141. The van der Waals surface area contributed by atoms with Gasteiger partial charge in [0.05, 0.1) is 0 Å². The van der Waals surface area contributed by atoms with Crippen LogP contribution in [0.3, 0.4) is 0 Å². The zero-order valence-electron chi connectivity index (χ0n) is 15.2. The number of anilines is 1. The van der Waals surface area contributed by atoms with Crippen LogP contribution in [0.2, 0.25) is 0 Å². The maximum absolute atomic E-state index is 13.2. The van der Waals surface area contributed by atoms with Crippen LogP contribution in [0.1, 0.15) is 55.3 Å². The smallest absolute Gasteiger partial charge is 0.326 e. The molecule has 1 aliphatic heterocycles. The van der Waals surface area contributed by atoms with Gasteiger partial charge in [0.25, 0.3) is 5.91 Å². The number of carboxylic acid groups (broad SMARTS) is 1. The van der Waals surface area contributed by atoms with Gasteiger partial charge in [-0.15, -0.1) is 0 Å². The second-order valence-corrected chi connectivity index (χ2v) is 7.87. The van der Waals surface area contributed by atoms with Crippen molar-refractivity contribution in [3.63, 3.8) is 0 Å². The minimum Gasteiger partial charge on any atom is -0.480 e. The van der Waals surface area contributed by atoms with Gasteiger partial charge in [-0.3, -0.25) is 4.79 Å². The van der Waals surface area contributed by atoms with Crippen LogP contribution in [0.5, 0.6) is 0 Å². The molecule has 7 nitrogen and oxygen atoms in total. The van der Waals surface area contributed by atoms with Gasteiger partial charge in [0.2, 0.25) is 0 Å².